The fourth-order valence-electron chi connectivity index (χ4n) is 2.66. The lowest BCUT2D eigenvalue weighted by Crippen LogP contribution is -2.44. The quantitative estimate of drug-likeness (QED) is 0.775. The van der Waals surface area contributed by atoms with Crippen LogP contribution in [0, 0.1) is 5.92 Å². The number of aliphatic hydroxyl groups excluding tert-OH is 1. The fraction of sp³-hybridized carbons (Fsp3) is 0.917. The number of carbonyl (C=O) groups is 1. The van der Waals surface area contributed by atoms with Gasteiger partial charge in [0.1, 0.15) is 6.10 Å². The normalized spacial score (nSPS) is 30.7. The predicted molar refractivity (Wildman–Crippen MR) is 60.0 cm³/mol. The summed E-state index contributed by atoms with van der Waals surface area (Å²) in [7, 11) is 0. The number of piperidine rings is 1. The Morgan fingerprint density at radius 3 is 2.94 bits per heavy atom. The minimum absolute atomic E-state index is 0.167. The summed E-state index contributed by atoms with van der Waals surface area (Å²) in [5, 5.41) is 8.93. The van der Waals surface area contributed by atoms with E-state index in [1.807, 2.05) is 4.90 Å². The van der Waals surface area contributed by atoms with E-state index in [0.29, 0.717) is 5.92 Å². The Morgan fingerprint density at radius 1 is 1.38 bits per heavy atom. The second-order valence-electron chi connectivity index (χ2n) is 4.81. The molecule has 2 rings (SSSR count). The van der Waals surface area contributed by atoms with Crippen molar-refractivity contribution in [1.29, 1.82) is 0 Å². The van der Waals surface area contributed by atoms with Gasteiger partial charge in [0.05, 0.1) is 0 Å². The van der Waals surface area contributed by atoms with Gasteiger partial charge in [0, 0.05) is 26.3 Å². The third-order valence-electron chi connectivity index (χ3n) is 3.57. The van der Waals surface area contributed by atoms with E-state index < -0.39 is 0 Å². The molecular weight excluding hydrogens is 206 g/mol. The van der Waals surface area contributed by atoms with Crippen LogP contribution in [0.1, 0.15) is 32.1 Å². The molecule has 2 aliphatic rings. The lowest BCUT2D eigenvalue weighted by Gasteiger charge is -2.33. The molecule has 0 spiro atoms. The molecule has 4 nitrogen and oxygen atoms in total. The number of aliphatic hydroxyl groups is 1. The van der Waals surface area contributed by atoms with Crippen LogP contribution in [0.4, 0.5) is 0 Å². The van der Waals surface area contributed by atoms with Gasteiger partial charge in [-0.1, -0.05) is 0 Å². The van der Waals surface area contributed by atoms with E-state index in [-0.39, 0.29) is 18.6 Å². The molecule has 0 bridgehead atoms. The van der Waals surface area contributed by atoms with Gasteiger partial charge in [-0.15, -0.1) is 0 Å². The van der Waals surface area contributed by atoms with Crippen LogP contribution in [-0.2, 0) is 9.53 Å². The molecule has 2 heterocycles. The van der Waals surface area contributed by atoms with Crippen LogP contribution in [0.3, 0.4) is 0 Å². The Kier molecular flexibility index (Phi) is 4.18. The number of carbonyl (C=O) groups excluding carboxylic acids is 1. The maximum Gasteiger partial charge on any atom is 0.251 e. The summed E-state index contributed by atoms with van der Waals surface area (Å²) in [6.45, 7) is 2.62. The first-order valence-corrected chi connectivity index (χ1v) is 6.32. The Morgan fingerprint density at radius 2 is 2.25 bits per heavy atom. The first kappa shape index (κ1) is 11.9. The molecule has 0 aromatic heterocycles. The topological polar surface area (TPSA) is 49.8 Å². The standard InChI is InChI=1S/C12H21NO3/c14-7-5-10-3-1-6-13(9-10)12(15)11-4-2-8-16-11/h10-11,14H,1-9H2/t10?,11-/m0/s1. The summed E-state index contributed by atoms with van der Waals surface area (Å²) in [6, 6.07) is 0. The molecule has 2 atom stereocenters. The Hall–Kier alpha value is -0.610. The van der Waals surface area contributed by atoms with E-state index in [4.69, 9.17) is 9.84 Å². The molecule has 0 aromatic rings. The van der Waals surface area contributed by atoms with Gasteiger partial charge in [0.25, 0.3) is 5.91 Å². The highest BCUT2D eigenvalue weighted by molar-refractivity contribution is 5.81. The molecule has 16 heavy (non-hydrogen) atoms. The maximum absolute atomic E-state index is 12.1. The second kappa shape index (κ2) is 5.64. The molecule has 4 heteroatoms. The van der Waals surface area contributed by atoms with Gasteiger partial charge in [-0.05, 0) is 38.0 Å². The third kappa shape index (κ3) is 2.74. The van der Waals surface area contributed by atoms with Crippen molar-refractivity contribution in [2.75, 3.05) is 26.3 Å². The number of hydrogen-bond acceptors (Lipinski definition) is 3. The lowest BCUT2D eigenvalue weighted by molar-refractivity contribution is -0.142. The first-order valence-electron chi connectivity index (χ1n) is 6.32. The second-order valence-corrected chi connectivity index (χ2v) is 4.81. The summed E-state index contributed by atoms with van der Waals surface area (Å²) < 4.78 is 5.42. The molecule has 0 aliphatic carbocycles. The summed E-state index contributed by atoms with van der Waals surface area (Å²) in [4.78, 5) is 14.0. The summed E-state index contributed by atoms with van der Waals surface area (Å²) in [5.74, 6) is 0.643. The van der Waals surface area contributed by atoms with Crippen LogP contribution in [0.25, 0.3) is 0 Å². The molecule has 1 N–H and O–H groups in total. The number of nitrogens with zero attached hydrogens (tertiary/aromatic N) is 1. The van der Waals surface area contributed by atoms with E-state index in [2.05, 4.69) is 0 Å². The molecule has 2 fully saturated rings. The Balaban J connectivity index is 1.85. The van der Waals surface area contributed by atoms with Gasteiger partial charge in [-0.2, -0.15) is 0 Å². The molecule has 0 aromatic carbocycles. The van der Waals surface area contributed by atoms with Crippen LogP contribution in [0.2, 0.25) is 0 Å². The van der Waals surface area contributed by atoms with Crippen molar-refractivity contribution in [2.45, 2.75) is 38.2 Å². The van der Waals surface area contributed by atoms with Crippen molar-refractivity contribution in [1.82, 2.24) is 4.90 Å². The summed E-state index contributed by atoms with van der Waals surface area (Å²) >= 11 is 0. The minimum Gasteiger partial charge on any atom is -0.396 e. The Labute approximate surface area is 96.6 Å². The van der Waals surface area contributed by atoms with Gasteiger partial charge in [-0.3, -0.25) is 4.79 Å². The van der Waals surface area contributed by atoms with Crippen LogP contribution in [0.5, 0.6) is 0 Å². The highest BCUT2D eigenvalue weighted by Gasteiger charge is 2.31. The monoisotopic (exact) mass is 227 g/mol. The van der Waals surface area contributed by atoms with E-state index in [0.717, 1.165) is 51.8 Å². The average molecular weight is 227 g/mol. The van der Waals surface area contributed by atoms with Crippen molar-refractivity contribution in [2.24, 2.45) is 5.92 Å². The van der Waals surface area contributed by atoms with E-state index >= 15 is 0 Å². The molecule has 0 saturated carbocycles. The smallest absolute Gasteiger partial charge is 0.251 e. The number of amides is 1. The van der Waals surface area contributed by atoms with Gasteiger partial charge in [0.2, 0.25) is 0 Å². The van der Waals surface area contributed by atoms with Gasteiger partial charge >= 0.3 is 0 Å². The minimum atomic E-state index is -0.187. The fourth-order valence-corrected chi connectivity index (χ4v) is 2.66. The van der Waals surface area contributed by atoms with Gasteiger partial charge in [0.15, 0.2) is 0 Å². The van der Waals surface area contributed by atoms with E-state index in [9.17, 15) is 4.79 Å². The van der Waals surface area contributed by atoms with Crippen molar-refractivity contribution in [3.05, 3.63) is 0 Å². The lowest BCUT2D eigenvalue weighted by atomic mass is 9.95. The van der Waals surface area contributed by atoms with Crippen molar-refractivity contribution in [3.63, 3.8) is 0 Å². The van der Waals surface area contributed by atoms with Crippen LogP contribution in [0.15, 0.2) is 0 Å². The molecule has 1 unspecified atom stereocenters. The summed E-state index contributed by atoms with van der Waals surface area (Å²) in [5.41, 5.74) is 0. The largest absolute Gasteiger partial charge is 0.396 e. The summed E-state index contributed by atoms with van der Waals surface area (Å²) in [6.07, 6.45) is 4.70. The van der Waals surface area contributed by atoms with Gasteiger partial charge in [-0.25, -0.2) is 0 Å². The zero-order chi connectivity index (χ0) is 11.4. The predicted octanol–water partition coefficient (Wildman–Crippen LogP) is 0.786. The SMILES string of the molecule is O=C([C@@H]1CCCO1)N1CCCC(CCO)C1. The first-order chi connectivity index (χ1) is 7.81. The van der Waals surface area contributed by atoms with Crippen molar-refractivity contribution >= 4 is 5.91 Å². The Bertz CT molecular complexity index is 236. The number of likely N-dealkylation sites (tertiary alicyclic amines) is 1. The molecular formula is C12H21NO3. The number of ether oxygens (including phenoxy) is 1. The highest BCUT2D eigenvalue weighted by Crippen LogP contribution is 2.22. The molecule has 92 valence electrons. The molecule has 2 saturated heterocycles. The van der Waals surface area contributed by atoms with Crippen LogP contribution in [-0.4, -0.2) is 48.3 Å². The van der Waals surface area contributed by atoms with Crippen molar-refractivity contribution < 1.29 is 14.6 Å². The van der Waals surface area contributed by atoms with E-state index in [1.54, 1.807) is 0 Å². The van der Waals surface area contributed by atoms with Gasteiger partial charge < -0.3 is 14.7 Å². The molecule has 2 aliphatic heterocycles. The van der Waals surface area contributed by atoms with Crippen LogP contribution < -0.4 is 0 Å². The van der Waals surface area contributed by atoms with Crippen molar-refractivity contribution in [3.8, 4) is 0 Å². The zero-order valence-corrected chi connectivity index (χ0v) is 9.73. The molecule has 0 radical (unpaired) electrons. The average Bonchev–Trinajstić information content (AvgIpc) is 2.82. The highest BCUT2D eigenvalue weighted by atomic mass is 16.5. The van der Waals surface area contributed by atoms with E-state index in [1.165, 1.54) is 0 Å². The van der Waals surface area contributed by atoms with Crippen LogP contribution >= 0.6 is 0 Å². The maximum atomic E-state index is 12.1. The number of rotatable bonds is 3. The molecule has 1 amide bonds. The number of hydrogen-bond donors (Lipinski definition) is 1. The third-order valence-corrected chi connectivity index (χ3v) is 3.57. The zero-order valence-electron chi connectivity index (χ0n) is 9.73.